The molecule has 0 saturated heterocycles. The van der Waals surface area contributed by atoms with E-state index in [4.69, 9.17) is 17.3 Å². The fraction of sp³-hybridized carbons (Fsp3) is 0. The Morgan fingerprint density at radius 2 is 2.07 bits per heavy atom. The Hall–Kier alpha value is -1.81. The maximum Gasteiger partial charge on any atom is 0.289 e. The van der Waals surface area contributed by atoms with Gasteiger partial charge in [-0.25, -0.2) is 0 Å². The molecule has 1 amide bonds. The predicted octanol–water partition coefficient (Wildman–Crippen LogP) is 1.49. The van der Waals surface area contributed by atoms with E-state index in [2.05, 4.69) is 4.98 Å². The van der Waals surface area contributed by atoms with Crippen molar-refractivity contribution in [2.45, 2.75) is 0 Å². The Labute approximate surface area is 90.0 Å². The third-order valence-electron chi connectivity index (χ3n) is 2.12. The number of carbonyl (C=O) groups is 2. The lowest BCUT2D eigenvalue weighted by Crippen LogP contribution is -2.22. The molecule has 0 atom stereocenters. The minimum absolute atomic E-state index is 0.211. The normalized spacial score (nSPS) is 10.5. The molecule has 0 unspecified atom stereocenters. The van der Waals surface area contributed by atoms with Crippen LogP contribution < -0.4 is 5.73 Å². The van der Waals surface area contributed by atoms with Gasteiger partial charge in [0, 0.05) is 17.1 Å². The predicted molar refractivity (Wildman–Crippen MR) is 56.8 cm³/mol. The van der Waals surface area contributed by atoms with Gasteiger partial charge in [0.2, 0.25) is 0 Å². The molecule has 2 rings (SSSR count). The van der Waals surface area contributed by atoms with Crippen LogP contribution in [-0.4, -0.2) is 16.7 Å². The van der Waals surface area contributed by atoms with Gasteiger partial charge in [-0.15, -0.1) is 0 Å². The number of amides is 1. The van der Waals surface area contributed by atoms with Crippen molar-refractivity contribution in [1.82, 2.24) is 4.98 Å². The molecule has 0 aliphatic heterocycles. The number of Topliss-reactive ketones (excluding diaryl/α,β-unsaturated/α-hetero) is 1. The number of rotatable bonds is 2. The average Bonchev–Trinajstić information content (AvgIpc) is 2.61. The van der Waals surface area contributed by atoms with Crippen molar-refractivity contribution in [3.63, 3.8) is 0 Å². The third-order valence-corrected chi connectivity index (χ3v) is 2.44. The van der Waals surface area contributed by atoms with Gasteiger partial charge in [0.25, 0.3) is 11.7 Å². The summed E-state index contributed by atoms with van der Waals surface area (Å²) < 4.78 is 0. The first-order valence-corrected chi connectivity index (χ1v) is 4.59. The first-order valence-electron chi connectivity index (χ1n) is 4.21. The number of hydrogen-bond acceptors (Lipinski definition) is 2. The Morgan fingerprint density at radius 3 is 2.73 bits per heavy atom. The summed E-state index contributed by atoms with van der Waals surface area (Å²) in [6, 6.07) is 5.16. The third kappa shape index (κ3) is 1.49. The lowest BCUT2D eigenvalue weighted by molar-refractivity contribution is -0.114. The number of hydrogen-bond donors (Lipinski definition) is 2. The van der Waals surface area contributed by atoms with Gasteiger partial charge in [0.15, 0.2) is 0 Å². The van der Waals surface area contributed by atoms with Crippen LogP contribution in [0.5, 0.6) is 0 Å². The van der Waals surface area contributed by atoms with E-state index in [1.54, 1.807) is 18.2 Å². The van der Waals surface area contributed by atoms with Gasteiger partial charge in [0.05, 0.1) is 10.6 Å². The fourth-order valence-corrected chi connectivity index (χ4v) is 1.73. The summed E-state index contributed by atoms with van der Waals surface area (Å²) in [5, 5.41) is 0.946. The first-order chi connectivity index (χ1) is 7.11. The second-order valence-corrected chi connectivity index (χ2v) is 3.47. The number of H-pyrrole nitrogens is 1. The lowest BCUT2D eigenvalue weighted by Gasteiger charge is -1.96. The zero-order valence-electron chi connectivity index (χ0n) is 7.58. The van der Waals surface area contributed by atoms with E-state index in [9.17, 15) is 9.59 Å². The quantitative estimate of drug-likeness (QED) is 0.597. The number of aromatic nitrogens is 1. The average molecular weight is 223 g/mol. The molecule has 1 heterocycles. The van der Waals surface area contributed by atoms with Crippen LogP contribution in [-0.2, 0) is 4.79 Å². The monoisotopic (exact) mass is 222 g/mol. The van der Waals surface area contributed by atoms with E-state index < -0.39 is 11.7 Å². The van der Waals surface area contributed by atoms with E-state index in [0.717, 1.165) is 0 Å². The molecular weight excluding hydrogens is 216 g/mol. The largest absolute Gasteiger partial charge is 0.363 e. The highest BCUT2D eigenvalue weighted by molar-refractivity contribution is 6.46. The van der Waals surface area contributed by atoms with Crippen molar-refractivity contribution in [1.29, 1.82) is 0 Å². The minimum atomic E-state index is -0.990. The van der Waals surface area contributed by atoms with Gasteiger partial charge in [-0.1, -0.05) is 17.7 Å². The smallest absolute Gasteiger partial charge is 0.289 e. The molecular formula is C10H7ClN2O2. The van der Waals surface area contributed by atoms with Gasteiger partial charge in [0.1, 0.15) is 0 Å². The van der Waals surface area contributed by atoms with E-state index in [1.165, 1.54) is 6.20 Å². The molecule has 4 nitrogen and oxygen atoms in total. The van der Waals surface area contributed by atoms with Gasteiger partial charge in [-0.05, 0) is 12.1 Å². The van der Waals surface area contributed by atoms with Crippen molar-refractivity contribution in [3.8, 4) is 0 Å². The number of nitrogens with one attached hydrogen (secondary N) is 1. The summed E-state index contributed by atoms with van der Waals surface area (Å²) in [7, 11) is 0. The highest BCUT2D eigenvalue weighted by atomic mass is 35.5. The maximum absolute atomic E-state index is 11.4. The summed E-state index contributed by atoms with van der Waals surface area (Å²) in [4.78, 5) is 25.0. The van der Waals surface area contributed by atoms with Crippen molar-refractivity contribution >= 4 is 34.2 Å². The topological polar surface area (TPSA) is 76.0 Å². The second kappa shape index (κ2) is 3.40. The van der Waals surface area contributed by atoms with Crippen molar-refractivity contribution in [3.05, 3.63) is 35.0 Å². The van der Waals surface area contributed by atoms with Crippen LogP contribution in [0.15, 0.2) is 24.4 Å². The van der Waals surface area contributed by atoms with Crippen LogP contribution in [0.1, 0.15) is 10.4 Å². The molecule has 0 radical (unpaired) electrons. The van der Waals surface area contributed by atoms with Crippen LogP contribution in [0.2, 0.25) is 5.02 Å². The molecule has 15 heavy (non-hydrogen) atoms. The first kappa shape index (κ1) is 9.73. The number of benzene rings is 1. The van der Waals surface area contributed by atoms with E-state index in [0.29, 0.717) is 15.9 Å². The highest BCUT2D eigenvalue weighted by Gasteiger charge is 2.18. The molecule has 0 spiro atoms. The molecule has 1 aromatic carbocycles. The number of fused-ring (bicyclic) bond motifs is 1. The standard InChI is InChI=1S/C10H7ClN2O2/c11-6-2-1-3-7-8(6)5(4-13-7)9(14)10(12)15/h1-4,13H,(H2,12,15). The van der Waals surface area contributed by atoms with E-state index >= 15 is 0 Å². The number of primary amides is 1. The molecule has 5 heteroatoms. The highest BCUT2D eigenvalue weighted by Crippen LogP contribution is 2.26. The molecule has 0 saturated carbocycles. The summed E-state index contributed by atoms with van der Waals surface area (Å²) in [5.41, 5.74) is 5.84. The Balaban J connectivity index is 2.73. The molecule has 2 aromatic rings. The van der Waals surface area contributed by atoms with Crippen molar-refractivity contribution in [2.75, 3.05) is 0 Å². The molecule has 0 bridgehead atoms. The van der Waals surface area contributed by atoms with Crippen LogP contribution in [0.25, 0.3) is 10.9 Å². The van der Waals surface area contributed by atoms with E-state index in [1.807, 2.05) is 0 Å². The van der Waals surface area contributed by atoms with Gasteiger partial charge in [-0.3, -0.25) is 9.59 Å². The lowest BCUT2D eigenvalue weighted by atomic mass is 10.1. The van der Waals surface area contributed by atoms with Crippen molar-refractivity contribution in [2.24, 2.45) is 5.73 Å². The van der Waals surface area contributed by atoms with Crippen LogP contribution >= 0.6 is 11.6 Å². The molecule has 1 aromatic heterocycles. The van der Waals surface area contributed by atoms with Gasteiger partial charge >= 0.3 is 0 Å². The summed E-state index contributed by atoms with van der Waals surface area (Å²) in [6.45, 7) is 0. The maximum atomic E-state index is 11.4. The zero-order valence-corrected chi connectivity index (χ0v) is 8.34. The second-order valence-electron chi connectivity index (χ2n) is 3.06. The number of carbonyl (C=O) groups excluding carboxylic acids is 2. The van der Waals surface area contributed by atoms with Gasteiger partial charge in [-0.2, -0.15) is 0 Å². The summed E-state index contributed by atoms with van der Waals surface area (Å²) >= 11 is 5.93. The molecule has 76 valence electrons. The van der Waals surface area contributed by atoms with Crippen LogP contribution in [0.4, 0.5) is 0 Å². The number of ketones is 1. The SMILES string of the molecule is NC(=O)C(=O)c1c[nH]c2cccc(Cl)c12. The van der Waals surface area contributed by atoms with Gasteiger partial charge < -0.3 is 10.7 Å². The van der Waals surface area contributed by atoms with Crippen molar-refractivity contribution < 1.29 is 9.59 Å². The zero-order chi connectivity index (χ0) is 11.0. The molecule has 0 fully saturated rings. The molecule has 3 N–H and O–H groups in total. The number of nitrogens with two attached hydrogens (primary N) is 1. The van der Waals surface area contributed by atoms with Crippen LogP contribution in [0.3, 0.4) is 0 Å². The summed E-state index contributed by atoms with van der Waals surface area (Å²) in [6.07, 6.45) is 1.43. The van der Waals surface area contributed by atoms with Crippen LogP contribution in [0, 0.1) is 0 Å². The minimum Gasteiger partial charge on any atom is -0.363 e. The Morgan fingerprint density at radius 1 is 1.33 bits per heavy atom. The Kier molecular flexibility index (Phi) is 2.21. The molecule has 0 aliphatic rings. The fourth-order valence-electron chi connectivity index (χ4n) is 1.45. The molecule has 0 aliphatic carbocycles. The Bertz CT molecular complexity index is 560. The van der Waals surface area contributed by atoms with E-state index in [-0.39, 0.29) is 5.56 Å². The number of halogens is 1. The number of aromatic amines is 1. The summed E-state index contributed by atoms with van der Waals surface area (Å²) in [5.74, 6) is -1.73.